The largest absolute Gasteiger partial charge is 0.354 e. The maximum atomic E-state index is 13.9. The van der Waals surface area contributed by atoms with Crippen LogP contribution in [0.1, 0.15) is 43.4 Å². The van der Waals surface area contributed by atoms with E-state index in [1.807, 2.05) is 45.0 Å². The zero-order chi connectivity index (χ0) is 28.6. The molecule has 0 unspecified atom stereocenters. The quantitative estimate of drug-likeness (QED) is 0.292. The number of hydrogen-bond acceptors (Lipinski definition) is 4. The Bertz CT molecular complexity index is 1390. The third-order valence-electron chi connectivity index (χ3n) is 6.58. The van der Waals surface area contributed by atoms with Crippen LogP contribution in [0.25, 0.3) is 0 Å². The molecule has 0 aliphatic rings. The van der Waals surface area contributed by atoms with Crippen molar-refractivity contribution in [3.8, 4) is 0 Å². The predicted molar refractivity (Wildman–Crippen MR) is 156 cm³/mol. The molecule has 0 heterocycles. The van der Waals surface area contributed by atoms with E-state index in [-0.39, 0.29) is 23.0 Å². The minimum absolute atomic E-state index is 0.0525. The molecular formula is C30H36ClN3O4S. The number of nitrogens with one attached hydrogen (secondary N) is 1. The second-order valence-electron chi connectivity index (χ2n) is 9.57. The number of benzene rings is 3. The van der Waals surface area contributed by atoms with Gasteiger partial charge in [-0.05, 0) is 68.7 Å². The van der Waals surface area contributed by atoms with Gasteiger partial charge in [0.2, 0.25) is 11.8 Å². The van der Waals surface area contributed by atoms with Gasteiger partial charge in [0.05, 0.1) is 10.6 Å². The number of nitrogens with zero attached hydrogens (tertiary/aromatic N) is 2. The number of carbonyl (C=O) groups is 2. The summed E-state index contributed by atoms with van der Waals surface area (Å²) in [6.07, 6.45) is 1.74. The van der Waals surface area contributed by atoms with Crippen LogP contribution in [0.4, 0.5) is 5.69 Å². The predicted octanol–water partition coefficient (Wildman–Crippen LogP) is 5.49. The standard InChI is InChI=1S/C30H36ClN3O4S/c1-5-6-18-32-30(36)24(4)33(20-25-11-8-7-10-23(25)3)29(35)21-34(27-13-9-12-26(31)19-27)39(37,38)28-16-14-22(2)15-17-28/h7-17,19,24H,5-6,18,20-21H2,1-4H3,(H,32,36)/t24-/m1/s1. The Balaban J connectivity index is 2.01. The van der Waals surface area contributed by atoms with E-state index in [4.69, 9.17) is 11.6 Å². The molecule has 0 radical (unpaired) electrons. The van der Waals surface area contributed by atoms with Gasteiger partial charge in [-0.3, -0.25) is 13.9 Å². The van der Waals surface area contributed by atoms with E-state index >= 15 is 0 Å². The van der Waals surface area contributed by atoms with Gasteiger partial charge in [0.25, 0.3) is 10.0 Å². The number of amides is 2. The Morgan fingerprint density at radius 1 is 0.974 bits per heavy atom. The molecule has 0 bridgehead atoms. The number of sulfonamides is 1. The SMILES string of the molecule is CCCCNC(=O)[C@@H](C)N(Cc1ccccc1C)C(=O)CN(c1cccc(Cl)c1)S(=O)(=O)c1ccc(C)cc1. The van der Waals surface area contributed by atoms with Gasteiger partial charge in [-0.1, -0.05) is 73.0 Å². The molecule has 0 aliphatic carbocycles. The first-order chi connectivity index (χ1) is 18.5. The molecule has 7 nitrogen and oxygen atoms in total. The van der Waals surface area contributed by atoms with E-state index in [9.17, 15) is 18.0 Å². The number of aryl methyl sites for hydroxylation is 2. The van der Waals surface area contributed by atoms with Crippen LogP contribution in [0.3, 0.4) is 0 Å². The fourth-order valence-corrected chi connectivity index (χ4v) is 5.68. The lowest BCUT2D eigenvalue weighted by molar-refractivity contribution is -0.139. The maximum absolute atomic E-state index is 13.9. The number of halogens is 1. The summed E-state index contributed by atoms with van der Waals surface area (Å²) in [5.41, 5.74) is 3.00. The average Bonchev–Trinajstić information content (AvgIpc) is 2.91. The number of carbonyl (C=O) groups excluding carboxylic acids is 2. The summed E-state index contributed by atoms with van der Waals surface area (Å²) in [4.78, 5) is 28.5. The lowest BCUT2D eigenvalue weighted by Gasteiger charge is -2.32. The highest BCUT2D eigenvalue weighted by Crippen LogP contribution is 2.27. The van der Waals surface area contributed by atoms with Gasteiger partial charge in [0.15, 0.2) is 0 Å². The van der Waals surface area contributed by atoms with Crippen molar-refractivity contribution < 1.29 is 18.0 Å². The first kappa shape index (κ1) is 30.2. The van der Waals surface area contributed by atoms with Crippen molar-refractivity contribution in [3.05, 3.63) is 94.5 Å². The Morgan fingerprint density at radius 2 is 1.67 bits per heavy atom. The molecule has 3 rings (SSSR count). The summed E-state index contributed by atoms with van der Waals surface area (Å²) in [5, 5.41) is 3.23. The van der Waals surface area contributed by atoms with E-state index < -0.39 is 28.5 Å². The molecule has 39 heavy (non-hydrogen) atoms. The minimum Gasteiger partial charge on any atom is -0.354 e. The van der Waals surface area contributed by atoms with Crippen LogP contribution in [-0.2, 0) is 26.2 Å². The van der Waals surface area contributed by atoms with Crippen molar-refractivity contribution in [3.63, 3.8) is 0 Å². The average molecular weight is 570 g/mol. The number of hydrogen-bond donors (Lipinski definition) is 1. The van der Waals surface area contributed by atoms with Gasteiger partial charge in [-0.15, -0.1) is 0 Å². The summed E-state index contributed by atoms with van der Waals surface area (Å²) in [7, 11) is -4.13. The summed E-state index contributed by atoms with van der Waals surface area (Å²) < 4.78 is 28.7. The van der Waals surface area contributed by atoms with E-state index in [0.29, 0.717) is 11.6 Å². The molecule has 2 amide bonds. The van der Waals surface area contributed by atoms with Crippen molar-refractivity contribution in [2.24, 2.45) is 0 Å². The summed E-state index contributed by atoms with van der Waals surface area (Å²) >= 11 is 6.21. The second kappa shape index (κ2) is 13.6. The third kappa shape index (κ3) is 7.83. The highest BCUT2D eigenvalue weighted by molar-refractivity contribution is 7.92. The zero-order valence-electron chi connectivity index (χ0n) is 22.9. The Kier molecular flexibility index (Phi) is 10.5. The molecule has 0 aliphatic heterocycles. The maximum Gasteiger partial charge on any atom is 0.264 e. The minimum atomic E-state index is -4.13. The molecule has 0 spiro atoms. The number of anilines is 1. The highest BCUT2D eigenvalue weighted by Gasteiger charge is 2.32. The third-order valence-corrected chi connectivity index (χ3v) is 8.61. The van der Waals surface area contributed by atoms with Crippen molar-refractivity contribution in [2.75, 3.05) is 17.4 Å². The van der Waals surface area contributed by atoms with Crippen LogP contribution in [-0.4, -0.2) is 44.3 Å². The van der Waals surface area contributed by atoms with Crippen LogP contribution in [0.15, 0.2) is 77.7 Å². The lowest BCUT2D eigenvalue weighted by Crippen LogP contribution is -2.51. The van der Waals surface area contributed by atoms with Crippen molar-refractivity contribution in [1.82, 2.24) is 10.2 Å². The van der Waals surface area contributed by atoms with Crippen molar-refractivity contribution in [1.29, 1.82) is 0 Å². The Labute approximate surface area is 236 Å². The lowest BCUT2D eigenvalue weighted by atomic mass is 10.1. The number of unbranched alkanes of at least 4 members (excludes halogenated alkanes) is 1. The molecule has 208 valence electrons. The molecule has 0 saturated carbocycles. The van der Waals surface area contributed by atoms with E-state index in [1.165, 1.54) is 23.1 Å². The fraction of sp³-hybridized carbons (Fsp3) is 0.333. The molecule has 1 N–H and O–H groups in total. The summed E-state index contributed by atoms with van der Waals surface area (Å²) in [6.45, 7) is 7.65. The normalized spacial score (nSPS) is 12.0. The summed E-state index contributed by atoms with van der Waals surface area (Å²) in [5.74, 6) is -0.798. The van der Waals surface area contributed by atoms with E-state index in [1.54, 1.807) is 37.3 Å². The molecule has 9 heteroatoms. The van der Waals surface area contributed by atoms with E-state index in [2.05, 4.69) is 5.32 Å². The molecular weight excluding hydrogens is 534 g/mol. The Hall–Kier alpha value is -3.36. The van der Waals surface area contributed by atoms with Crippen LogP contribution in [0.5, 0.6) is 0 Å². The van der Waals surface area contributed by atoms with Crippen molar-refractivity contribution in [2.45, 2.75) is 58.0 Å². The second-order valence-corrected chi connectivity index (χ2v) is 11.9. The van der Waals surface area contributed by atoms with Gasteiger partial charge < -0.3 is 10.2 Å². The van der Waals surface area contributed by atoms with Crippen LogP contribution >= 0.6 is 11.6 Å². The van der Waals surface area contributed by atoms with Gasteiger partial charge in [-0.2, -0.15) is 0 Å². The van der Waals surface area contributed by atoms with Crippen LogP contribution in [0, 0.1) is 13.8 Å². The molecule has 3 aromatic rings. The highest BCUT2D eigenvalue weighted by atomic mass is 35.5. The topological polar surface area (TPSA) is 86.8 Å². The first-order valence-electron chi connectivity index (χ1n) is 13.0. The van der Waals surface area contributed by atoms with Gasteiger partial charge >= 0.3 is 0 Å². The van der Waals surface area contributed by atoms with Crippen molar-refractivity contribution >= 4 is 39.1 Å². The molecule has 1 atom stereocenters. The van der Waals surface area contributed by atoms with E-state index in [0.717, 1.165) is 33.8 Å². The van der Waals surface area contributed by atoms with Crippen LogP contribution < -0.4 is 9.62 Å². The molecule has 0 fully saturated rings. The first-order valence-corrected chi connectivity index (χ1v) is 14.8. The monoisotopic (exact) mass is 569 g/mol. The zero-order valence-corrected chi connectivity index (χ0v) is 24.4. The van der Waals surface area contributed by atoms with Gasteiger partial charge in [0.1, 0.15) is 12.6 Å². The number of rotatable bonds is 12. The fourth-order valence-electron chi connectivity index (χ4n) is 4.09. The summed E-state index contributed by atoms with van der Waals surface area (Å²) in [6, 6.07) is 19.6. The van der Waals surface area contributed by atoms with Crippen LogP contribution in [0.2, 0.25) is 5.02 Å². The molecule has 0 saturated heterocycles. The van der Waals surface area contributed by atoms with Gasteiger partial charge in [-0.25, -0.2) is 8.42 Å². The smallest absolute Gasteiger partial charge is 0.264 e. The molecule has 0 aromatic heterocycles. The Morgan fingerprint density at radius 3 is 2.31 bits per heavy atom. The molecule has 3 aromatic carbocycles. The van der Waals surface area contributed by atoms with Gasteiger partial charge in [0, 0.05) is 18.1 Å².